The van der Waals surface area contributed by atoms with Gasteiger partial charge in [-0.05, 0) is 55.8 Å². The molecule has 1 amide bonds. The van der Waals surface area contributed by atoms with Crippen molar-refractivity contribution in [3.63, 3.8) is 0 Å². The molecule has 7 heteroatoms. The maximum atomic E-state index is 12.3. The van der Waals surface area contributed by atoms with Crippen molar-refractivity contribution < 1.29 is 18.8 Å². The van der Waals surface area contributed by atoms with E-state index >= 15 is 0 Å². The van der Waals surface area contributed by atoms with Crippen LogP contribution < -0.4 is 14.8 Å². The van der Waals surface area contributed by atoms with E-state index < -0.39 is 0 Å². The predicted octanol–water partition coefficient (Wildman–Crippen LogP) is 4.95. The number of nitrogens with zero attached hydrogens (tertiary/aromatic N) is 2. The number of aryl methyl sites for hydroxylation is 2. The summed E-state index contributed by atoms with van der Waals surface area (Å²) in [5, 5.41) is 6.84. The number of carbonyl (C=O) groups is 1. The van der Waals surface area contributed by atoms with Crippen LogP contribution in [-0.4, -0.2) is 22.7 Å². The number of benzene rings is 3. The molecule has 0 aliphatic heterocycles. The number of hydrogen-bond donors (Lipinski definition) is 1. The lowest BCUT2D eigenvalue weighted by Crippen LogP contribution is -2.20. The Morgan fingerprint density at radius 1 is 0.938 bits per heavy atom. The number of anilines is 1. The van der Waals surface area contributed by atoms with Gasteiger partial charge in [0.05, 0.1) is 5.56 Å². The monoisotopic (exact) mass is 429 g/mol. The normalized spacial score (nSPS) is 10.6. The molecule has 32 heavy (non-hydrogen) atoms. The standard InChI is InChI=1S/C25H23N3O4/c1-17-10-12-19(13-11-17)26-23(29)15-31-22-9-4-3-8-21(22)25-27-24(32-28-25)16-30-20-7-5-6-18(2)14-20/h3-14H,15-16H2,1-2H3,(H,26,29). The van der Waals surface area contributed by atoms with Gasteiger partial charge < -0.3 is 19.3 Å². The molecule has 0 fully saturated rings. The van der Waals surface area contributed by atoms with E-state index in [0.717, 1.165) is 16.9 Å². The van der Waals surface area contributed by atoms with Gasteiger partial charge in [0.25, 0.3) is 11.8 Å². The Hall–Kier alpha value is -4.13. The third-order valence-corrected chi connectivity index (χ3v) is 4.64. The minimum atomic E-state index is -0.260. The average Bonchev–Trinajstić information content (AvgIpc) is 3.27. The van der Waals surface area contributed by atoms with E-state index in [9.17, 15) is 4.79 Å². The van der Waals surface area contributed by atoms with Crippen molar-refractivity contribution in [1.29, 1.82) is 0 Å². The van der Waals surface area contributed by atoms with E-state index in [0.29, 0.717) is 28.7 Å². The second-order valence-corrected chi connectivity index (χ2v) is 7.32. The highest BCUT2D eigenvalue weighted by atomic mass is 16.5. The summed E-state index contributed by atoms with van der Waals surface area (Å²) in [7, 11) is 0. The molecular formula is C25H23N3O4. The molecule has 0 bridgehead atoms. The summed E-state index contributed by atoms with van der Waals surface area (Å²) in [5.41, 5.74) is 3.57. The fraction of sp³-hybridized carbons (Fsp3) is 0.160. The summed E-state index contributed by atoms with van der Waals surface area (Å²) in [6.07, 6.45) is 0. The molecule has 0 unspecified atom stereocenters. The van der Waals surface area contributed by atoms with Crippen molar-refractivity contribution in [3.8, 4) is 22.9 Å². The van der Waals surface area contributed by atoms with Gasteiger partial charge in [0.15, 0.2) is 13.2 Å². The lowest BCUT2D eigenvalue weighted by atomic mass is 10.2. The Morgan fingerprint density at radius 2 is 1.75 bits per heavy atom. The average molecular weight is 429 g/mol. The van der Waals surface area contributed by atoms with Crippen molar-refractivity contribution in [3.05, 3.63) is 89.8 Å². The molecule has 0 spiro atoms. The van der Waals surface area contributed by atoms with Crippen LogP contribution in [0.2, 0.25) is 0 Å². The van der Waals surface area contributed by atoms with Gasteiger partial charge in [0.2, 0.25) is 5.82 Å². The van der Waals surface area contributed by atoms with Crippen LogP contribution in [0.5, 0.6) is 11.5 Å². The first-order valence-corrected chi connectivity index (χ1v) is 10.2. The Bertz CT molecular complexity index is 1200. The molecule has 4 rings (SSSR count). The molecule has 1 heterocycles. The van der Waals surface area contributed by atoms with Crippen molar-refractivity contribution in [2.75, 3.05) is 11.9 Å². The van der Waals surface area contributed by atoms with Gasteiger partial charge in [-0.15, -0.1) is 0 Å². The van der Waals surface area contributed by atoms with Gasteiger partial charge in [-0.25, -0.2) is 0 Å². The molecule has 1 aromatic heterocycles. The van der Waals surface area contributed by atoms with Gasteiger partial charge in [0, 0.05) is 5.69 Å². The first-order valence-electron chi connectivity index (χ1n) is 10.2. The van der Waals surface area contributed by atoms with E-state index in [1.165, 1.54) is 0 Å². The summed E-state index contributed by atoms with van der Waals surface area (Å²) in [4.78, 5) is 16.7. The first kappa shape index (κ1) is 21.1. The molecule has 0 saturated heterocycles. The summed E-state index contributed by atoms with van der Waals surface area (Å²) in [6.45, 7) is 3.99. The Kier molecular flexibility index (Phi) is 6.46. The van der Waals surface area contributed by atoms with Crippen molar-refractivity contribution in [2.24, 2.45) is 0 Å². The fourth-order valence-corrected chi connectivity index (χ4v) is 3.03. The summed E-state index contributed by atoms with van der Waals surface area (Å²) >= 11 is 0. The maximum absolute atomic E-state index is 12.3. The highest BCUT2D eigenvalue weighted by Crippen LogP contribution is 2.28. The molecule has 0 aliphatic carbocycles. The molecular weight excluding hydrogens is 406 g/mol. The largest absolute Gasteiger partial charge is 0.484 e. The zero-order valence-corrected chi connectivity index (χ0v) is 17.9. The van der Waals surface area contributed by atoms with Crippen LogP contribution in [0.25, 0.3) is 11.4 Å². The van der Waals surface area contributed by atoms with Gasteiger partial charge >= 0.3 is 0 Å². The zero-order valence-electron chi connectivity index (χ0n) is 17.9. The molecule has 0 atom stereocenters. The molecule has 0 aliphatic rings. The van der Waals surface area contributed by atoms with Crippen LogP contribution in [0.1, 0.15) is 17.0 Å². The minimum Gasteiger partial charge on any atom is -0.484 e. The molecule has 162 valence electrons. The summed E-state index contributed by atoms with van der Waals surface area (Å²) in [5.74, 6) is 1.66. The molecule has 0 radical (unpaired) electrons. The van der Waals surface area contributed by atoms with Gasteiger partial charge in [0.1, 0.15) is 11.5 Å². The Morgan fingerprint density at radius 3 is 2.56 bits per heavy atom. The van der Waals surface area contributed by atoms with Crippen LogP contribution >= 0.6 is 0 Å². The topological polar surface area (TPSA) is 86.5 Å². The third kappa shape index (κ3) is 5.51. The summed E-state index contributed by atoms with van der Waals surface area (Å²) < 4.78 is 16.8. The quantitative estimate of drug-likeness (QED) is 0.426. The first-order chi connectivity index (χ1) is 15.6. The molecule has 4 aromatic rings. The van der Waals surface area contributed by atoms with Crippen LogP contribution in [0.3, 0.4) is 0 Å². The second kappa shape index (κ2) is 9.78. The fourth-order valence-electron chi connectivity index (χ4n) is 3.03. The smallest absolute Gasteiger partial charge is 0.264 e. The maximum Gasteiger partial charge on any atom is 0.264 e. The van der Waals surface area contributed by atoms with Crippen molar-refractivity contribution >= 4 is 11.6 Å². The number of nitrogens with one attached hydrogen (secondary N) is 1. The number of para-hydroxylation sites is 1. The number of amides is 1. The van der Waals surface area contributed by atoms with Gasteiger partial charge in [-0.1, -0.05) is 47.1 Å². The van der Waals surface area contributed by atoms with E-state index in [-0.39, 0.29) is 19.1 Å². The van der Waals surface area contributed by atoms with E-state index in [1.54, 1.807) is 6.07 Å². The molecule has 0 saturated carbocycles. The highest BCUT2D eigenvalue weighted by Gasteiger charge is 2.15. The Labute approximate surface area is 186 Å². The van der Waals surface area contributed by atoms with E-state index in [2.05, 4.69) is 15.5 Å². The third-order valence-electron chi connectivity index (χ3n) is 4.64. The molecule has 1 N–H and O–H groups in total. The predicted molar refractivity (Wildman–Crippen MR) is 121 cm³/mol. The highest BCUT2D eigenvalue weighted by molar-refractivity contribution is 5.92. The van der Waals surface area contributed by atoms with Crippen LogP contribution in [-0.2, 0) is 11.4 Å². The number of aromatic nitrogens is 2. The SMILES string of the molecule is Cc1ccc(NC(=O)COc2ccccc2-c2noc(COc3cccc(C)c3)n2)cc1. The number of carbonyl (C=O) groups excluding carboxylic acids is 1. The number of rotatable bonds is 8. The van der Waals surface area contributed by atoms with Crippen LogP contribution in [0.15, 0.2) is 77.3 Å². The Balaban J connectivity index is 1.38. The number of ether oxygens (including phenoxy) is 2. The van der Waals surface area contributed by atoms with Crippen molar-refractivity contribution in [2.45, 2.75) is 20.5 Å². The lowest BCUT2D eigenvalue weighted by Gasteiger charge is -2.10. The van der Waals surface area contributed by atoms with Crippen LogP contribution in [0.4, 0.5) is 5.69 Å². The van der Waals surface area contributed by atoms with Crippen LogP contribution in [0, 0.1) is 13.8 Å². The lowest BCUT2D eigenvalue weighted by molar-refractivity contribution is -0.118. The van der Waals surface area contributed by atoms with Gasteiger partial charge in [-0.3, -0.25) is 4.79 Å². The van der Waals surface area contributed by atoms with E-state index in [4.69, 9.17) is 14.0 Å². The van der Waals surface area contributed by atoms with E-state index in [1.807, 2.05) is 80.6 Å². The summed E-state index contributed by atoms with van der Waals surface area (Å²) in [6, 6.07) is 22.5. The zero-order chi connectivity index (χ0) is 22.3. The number of hydrogen-bond acceptors (Lipinski definition) is 6. The van der Waals surface area contributed by atoms with Gasteiger partial charge in [-0.2, -0.15) is 4.98 Å². The second-order valence-electron chi connectivity index (χ2n) is 7.32. The molecule has 7 nitrogen and oxygen atoms in total. The van der Waals surface area contributed by atoms with Crippen molar-refractivity contribution in [1.82, 2.24) is 10.1 Å². The molecule has 3 aromatic carbocycles. The minimum absolute atomic E-state index is 0.147.